The SMILES string of the molecule is C/C=C(\C)C(=O)C(OC(C)=O)=C(C)C. The van der Waals surface area contributed by atoms with Crippen molar-refractivity contribution in [2.24, 2.45) is 0 Å². The van der Waals surface area contributed by atoms with Gasteiger partial charge in [0.15, 0.2) is 5.76 Å². The van der Waals surface area contributed by atoms with Crippen LogP contribution in [0.1, 0.15) is 34.6 Å². The number of carbonyl (C=O) groups is 2. The third-order valence-electron chi connectivity index (χ3n) is 1.70. The molecule has 0 heterocycles. The molecule has 3 nitrogen and oxygen atoms in total. The maximum atomic E-state index is 11.6. The molecule has 0 aromatic heterocycles. The molecule has 0 N–H and O–H groups in total. The Balaban J connectivity index is 4.98. The van der Waals surface area contributed by atoms with Gasteiger partial charge in [0.2, 0.25) is 5.78 Å². The van der Waals surface area contributed by atoms with Gasteiger partial charge in [-0.15, -0.1) is 0 Å². The molecule has 0 aromatic carbocycles. The topological polar surface area (TPSA) is 43.4 Å². The second-order valence-electron chi connectivity index (χ2n) is 3.22. The zero-order chi connectivity index (χ0) is 11.3. The summed E-state index contributed by atoms with van der Waals surface area (Å²) in [6, 6.07) is 0. The molecule has 0 spiro atoms. The van der Waals surface area contributed by atoms with E-state index in [1.807, 2.05) is 0 Å². The first kappa shape index (κ1) is 12.6. The zero-order valence-electron chi connectivity index (χ0n) is 9.30. The van der Waals surface area contributed by atoms with Gasteiger partial charge in [-0.3, -0.25) is 9.59 Å². The van der Waals surface area contributed by atoms with Crippen molar-refractivity contribution in [2.75, 3.05) is 0 Å². The lowest BCUT2D eigenvalue weighted by molar-refractivity contribution is -0.139. The Morgan fingerprint density at radius 3 is 1.86 bits per heavy atom. The predicted octanol–water partition coefficient (Wildman–Crippen LogP) is 2.38. The van der Waals surface area contributed by atoms with E-state index in [4.69, 9.17) is 4.74 Å². The van der Waals surface area contributed by atoms with E-state index in [0.29, 0.717) is 11.1 Å². The number of allylic oxidation sites excluding steroid dienone is 3. The van der Waals surface area contributed by atoms with Crippen molar-refractivity contribution in [2.45, 2.75) is 34.6 Å². The molecule has 0 rings (SSSR count). The van der Waals surface area contributed by atoms with Gasteiger partial charge in [0.1, 0.15) is 0 Å². The lowest BCUT2D eigenvalue weighted by Gasteiger charge is -2.07. The van der Waals surface area contributed by atoms with Crippen LogP contribution in [0.3, 0.4) is 0 Å². The largest absolute Gasteiger partial charge is 0.423 e. The quantitative estimate of drug-likeness (QED) is 0.395. The van der Waals surface area contributed by atoms with Gasteiger partial charge in [0.05, 0.1) is 0 Å². The van der Waals surface area contributed by atoms with Gasteiger partial charge in [-0.1, -0.05) is 6.08 Å². The summed E-state index contributed by atoms with van der Waals surface area (Å²) < 4.78 is 4.85. The Kier molecular flexibility index (Phi) is 4.84. The van der Waals surface area contributed by atoms with Gasteiger partial charge >= 0.3 is 5.97 Å². The minimum atomic E-state index is -0.474. The van der Waals surface area contributed by atoms with Crippen molar-refractivity contribution in [3.8, 4) is 0 Å². The van der Waals surface area contributed by atoms with Gasteiger partial charge < -0.3 is 4.74 Å². The number of hydrogen-bond donors (Lipinski definition) is 0. The van der Waals surface area contributed by atoms with Crippen LogP contribution in [-0.4, -0.2) is 11.8 Å². The lowest BCUT2D eigenvalue weighted by atomic mass is 10.1. The van der Waals surface area contributed by atoms with Crippen molar-refractivity contribution in [3.05, 3.63) is 23.0 Å². The van der Waals surface area contributed by atoms with Crippen molar-refractivity contribution in [1.29, 1.82) is 0 Å². The lowest BCUT2D eigenvalue weighted by Crippen LogP contribution is -2.12. The standard InChI is InChI=1S/C11H16O3/c1-6-8(4)10(13)11(7(2)3)14-9(5)12/h6H,1-5H3/b8-6+. The highest BCUT2D eigenvalue weighted by atomic mass is 16.5. The van der Waals surface area contributed by atoms with Crippen molar-refractivity contribution in [1.82, 2.24) is 0 Å². The number of Topliss-reactive ketones (excluding diaryl/α,β-unsaturated/α-hetero) is 1. The van der Waals surface area contributed by atoms with Crippen molar-refractivity contribution in [3.63, 3.8) is 0 Å². The van der Waals surface area contributed by atoms with Gasteiger partial charge in [-0.05, 0) is 38.8 Å². The van der Waals surface area contributed by atoms with E-state index in [1.165, 1.54) is 6.92 Å². The fraction of sp³-hybridized carbons (Fsp3) is 0.455. The summed E-state index contributed by atoms with van der Waals surface area (Å²) in [5.74, 6) is -0.575. The summed E-state index contributed by atoms with van der Waals surface area (Å²) in [6.45, 7) is 8.21. The van der Waals surface area contributed by atoms with E-state index < -0.39 is 5.97 Å². The first-order chi connectivity index (χ1) is 6.40. The first-order valence-electron chi connectivity index (χ1n) is 4.43. The first-order valence-corrected chi connectivity index (χ1v) is 4.43. The van der Waals surface area contributed by atoms with Crippen LogP contribution in [0.2, 0.25) is 0 Å². The molecule has 0 unspecified atom stereocenters. The monoisotopic (exact) mass is 196 g/mol. The number of carbonyl (C=O) groups excluding carboxylic acids is 2. The maximum absolute atomic E-state index is 11.6. The Morgan fingerprint density at radius 2 is 1.57 bits per heavy atom. The van der Waals surface area contributed by atoms with E-state index in [9.17, 15) is 9.59 Å². The molecular formula is C11H16O3. The average molecular weight is 196 g/mol. The van der Waals surface area contributed by atoms with Gasteiger partial charge in [-0.2, -0.15) is 0 Å². The van der Waals surface area contributed by atoms with Crippen LogP contribution in [0.5, 0.6) is 0 Å². The highest BCUT2D eigenvalue weighted by Crippen LogP contribution is 2.12. The third-order valence-corrected chi connectivity index (χ3v) is 1.70. The van der Waals surface area contributed by atoms with E-state index >= 15 is 0 Å². The number of esters is 1. The van der Waals surface area contributed by atoms with Crippen LogP contribution >= 0.6 is 0 Å². The third kappa shape index (κ3) is 3.56. The van der Waals surface area contributed by atoms with Crippen molar-refractivity contribution >= 4 is 11.8 Å². The van der Waals surface area contributed by atoms with E-state index in [-0.39, 0.29) is 11.5 Å². The molecule has 0 bridgehead atoms. The van der Waals surface area contributed by atoms with Crippen LogP contribution < -0.4 is 0 Å². The van der Waals surface area contributed by atoms with Crippen LogP contribution in [0, 0.1) is 0 Å². The zero-order valence-corrected chi connectivity index (χ0v) is 9.30. The smallest absolute Gasteiger partial charge is 0.308 e. The summed E-state index contributed by atoms with van der Waals surface area (Å²) in [4.78, 5) is 22.4. The Bertz CT molecular complexity index is 304. The van der Waals surface area contributed by atoms with Crippen LogP contribution in [0.15, 0.2) is 23.0 Å². The van der Waals surface area contributed by atoms with Crippen LogP contribution in [-0.2, 0) is 14.3 Å². The number of ether oxygens (including phenoxy) is 1. The normalized spacial score (nSPS) is 10.8. The summed E-state index contributed by atoms with van der Waals surface area (Å²) in [6.07, 6.45) is 1.69. The molecule has 3 heteroatoms. The molecule has 0 fully saturated rings. The Morgan fingerprint density at radius 1 is 1.07 bits per heavy atom. The second-order valence-corrected chi connectivity index (χ2v) is 3.22. The minimum Gasteiger partial charge on any atom is -0.423 e. The molecule has 0 saturated heterocycles. The molecule has 14 heavy (non-hydrogen) atoms. The Hall–Kier alpha value is -1.38. The molecule has 78 valence electrons. The molecule has 0 aliphatic rings. The van der Waals surface area contributed by atoms with Gasteiger partial charge in [-0.25, -0.2) is 0 Å². The minimum absolute atomic E-state index is 0.133. The molecule has 0 aromatic rings. The average Bonchev–Trinajstić information content (AvgIpc) is 2.11. The summed E-state index contributed by atoms with van der Waals surface area (Å²) in [5, 5.41) is 0. The summed E-state index contributed by atoms with van der Waals surface area (Å²) in [7, 11) is 0. The highest BCUT2D eigenvalue weighted by Gasteiger charge is 2.15. The molecule has 0 aliphatic carbocycles. The fourth-order valence-corrected chi connectivity index (χ4v) is 0.829. The van der Waals surface area contributed by atoms with Crippen molar-refractivity contribution < 1.29 is 14.3 Å². The van der Waals surface area contributed by atoms with E-state index in [2.05, 4.69) is 0 Å². The number of rotatable bonds is 3. The molecule has 0 atom stereocenters. The maximum Gasteiger partial charge on any atom is 0.308 e. The molecule has 0 aliphatic heterocycles. The molecule has 0 radical (unpaired) electrons. The predicted molar refractivity (Wildman–Crippen MR) is 54.6 cm³/mol. The summed E-state index contributed by atoms with van der Waals surface area (Å²) in [5.41, 5.74) is 1.27. The molecular weight excluding hydrogens is 180 g/mol. The number of hydrogen-bond acceptors (Lipinski definition) is 3. The van der Waals surface area contributed by atoms with Crippen LogP contribution in [0.4, 0.5) is 0 Å². The second kappa shape index (κ2) is 5.37. The summed E-state index contributed by atoms with van der Waals surface area (Å²) >= 11 is 0. The molecule has 0 saturated carbocycles. The Labute approximate surface area is 84.4 Å². The van der Waals surface area contributed by atoms with Gasteiger partial charge in [0, 0.05) is 6.92 Å². The van der Waals surface area contributed by atoms with E-state index in [0.717, 1.165) is 0 Å². The van der Waals surface area contributed by atoms with E-state index in [1.54, 1.807) is 33.8 Å². The molecule has 0 amide bonds. The van der Waals surface area contributed by atoms with Crippen LogP contribution in [0.25, 0.3) is 0 Å². The number of ketones is 1. The fourth-order valence-electron chi connectivity index (χ4n) is 0.829. The highest BCUT2D eigenvalue weighted by molar-refractivity contribution is 6.07. The van der Waals surface area contributed by atoms with Gasteiger partial charge in [0.25, 0.3) is 0 Å².